The maximum atomic E-state index is 10.5. The minimum atomic E-state index is -4.63. The highest BCUT2D eigenvalue weighted by Gasteiger charge is 2.17. The van der Waals surface area contributed by atoms with Crippen LogP contribution in [0, 0.1) is 0 Å². The van der Waals surface area contributed by atoms with E-state index in [1.807, 2.05) is 0 Å². The third kappa shape index (κ3) is 2.24. The first-order valence-electron chi connectivity index (χ1n) is 3.64. The second-order valence-corrected chi connectivity index (χ2v) is 3.76. The molecule has 0 saturated heterocycles. The molecular weight excluding hydrogens is 204 g/mol. The van der Waals surface area contributed by atoms with Crippen molar-refractivity contribution in [3.8, 4) is 0 Å². The molecule has 0 radical (unpaired) electrons. The van der Waals surface area contributed by atoms with Crippen molar-refractivity contribution in [2.75, 3.05) is 0 Å². The lowest BCUT2D eigenvalue weighted by Crippen LogP contribution is -2.11. The molecule has 0 spiro atoms. The van der Waals surface area contributed by atoms with Crippen LogP contribution in [-0.2, 0) is 10.3 Å². The van der Waals surface area contributed by atoms with Crippen molar-refractivity contribution >= 4 is 22.1 Å². The van der Waals surface area contributed by atoms with E-state index in [9.17, 15) is 8.42 Å². The Bertz CT molecular complexity index is 479. The average Bonchev–Trinajstić information content (AvgIpc) is 2.15. The van der Waals surface area contributed by atoms with Gasteiger partial charge in [0, 0.05) is 12.1 Å². The summed E-state index contributed by atoms with van der Waals surface area (Å²) < 4.78 is 29.4. The van der Waals surface area contributed by atoms with Crippen molar-refractivity contribution in [3.05, 3.63) is 41.9 Å². The number of hydrogen-bond acceptors (Lipinski definition) is 2. The van der Waals surface area contributed by atoms with Gasteiger partial charge in [-0.3, -0.25) is 0 Å². The van der Waals surface area contributed by atoms with Gasteiger partial charge in [0.2, 0.25) is 5.69 Å². The van der Waals surface area contributed by atoms with Gasteiger partial charge in [-0.1, -0.05) is 24.8 Å². The van der Waals surface area contributed by atoms with Crippen LogP contribution in [0.1, 0.15) is 5.56 Å². The molecule has 1 rings (SSSR count). The molecular formula is C8H8N2O3S. The van der Waals surface area contributed by atoms with Gasteiger partial charge < -0.3 is 5.53 Å². The van der Waals surface area contributed by atoms with E-state index in [0.29, 0.717) is 5.56 Å². The summed E-state index contributed by atoms with van der Waals surface area (Å²) in [6, 6.07) is 5.90. The van der Waals surface area contributed by atoms with E-state index in [0.717, 1.165) is 0 Å². The van der Waals surface area contributed by atoms with E-state index in [2.05, 4.69) is 6.58 Å². The normalized spacial score (nSPS) is 10.9. The van der Waals surface area contributed by atoms with Gasteiger partial charge in [0.25, 0.3) is 0 Å². The number of rotatable bonds is 3. The molecule has 0 atom stereocenters. The van der Waals surface area contributed by atoms with Crippen LogP contribution >= 0.6 is 0 Å². The lowest BCUT2D eigenvalue weighted by molar-refractivity contribution is -0.298. The minimum Gasteiger partial charge on any atom is -0.478 e. The molecule has 0 amide bonds. The molecule has 0 bridgehead atoms. The van der Waals surface area contributed by atoms with Gasteiger partial charge in [-0.15, -0.1) is 12.5 Å². The summed E-state index contributed by atoms with van der Waals surface area (Å²) in [7, 11) is -4.63. The predicted octanol–water partition coefficient (Wildman–Crippen LogP) is 1.80. The van der Waals surface area contributed by atoms with Gasteiger partial charge in [0.15, 0.2) is 0 Å². The van der Waals surface area contributed by atoms with Crippen molar-refractivity contribution < 1.29 is 17.1 Å². The molecule has 0 aliphatic rings. The molecule has 0 unspecified atom stereocenters. The van der Waals surface area contributed by atoms with Crippen molar-refractivity contribution in [2.45, 2.75) is 0 Å². The smallest absolute Gasteiger partial charge is 0.478 e. The van der Waals surface area contributed by atoms with Gasteiger partial charge in [-0.25, -0.2) is 4.55 Å². The van der Waals surface area contributed by atoms with Crippen molar-refractivity contribution in [1.29, 1.82) is 0 Å². The van der Waals surface area contributed by atoms with E-state index in [4.69, 9.17) is 10.1 Å². The fraction of sp³-hybridized carbons (Fsp3) is 0. The highest BCUT2D eigenvalue weighted by atomic mass is 32.2. The summed E-state index contributed by atoms with van der Waals surface area (Å²) >= 11 is 0. The van der Waals surface area contributed by atoms with Crippen LogP contribution in [0.5, 0.6) is 0 Å². The Morgan fingerprint density at radius 1 is 1.50 bits per heavy atom. The van der Waals surface area contributed by atoms with Crippen LogP contribution in [0.3, 0.4) is 0 Å². The fourth-order valence-corrected chi connectivity index (χ4v) is 1.28. The molecule has 74 valence electrons. The van der Waals surface area contributed by atoms with Crippen LogP contribution in [-0.4, -0.2) is 17.1 Å². The van der Waals surface area contributed by atoms with Crippen LogP contribution in [0.15, 0.2) is 30.8 Å². The fourth-order valence-electron chi connectivity index (χ4n) is 0.904. The average molecular weight is 212 g/mol. The SMILES string of the molecule is C=Cc1cccc([N+](=[N-])S(=O)(=O)O)c1. The lowest BCUT2D eigenvalue weighted by atomic mass is 10.2. The molecule has 0 heterocycles. The topological polar surface area (TPSA) is 79.7 Å². The van der Waals surface area contributed by atoms with E-state index in [1.54, 1.807) is 6.07 Å². The lowest BCUT2D eigenvalue weighted by Gasteiger charge is -2.01. The largest absolute Gasteiger partial charge is 0.501 e. The molecule has 1 aromatic rings. The molecule has 0 aromatic heterocycles. The van der Waals surface area contributed by atoms with Crippen LogP contribution < -0.4 is 0 Å². The summed E-state index contributed by atoms with van der Waals surface area (Å²) in [4.78, 5) is 0. The highest BCUT2D eigenvalue weighted by Crippen LogP contribution is 2.16. The first-order chi connectivity index (χ1) is 6.45. The Hall–Kier alpha value is -1.53. The number of hydrogen-bond donors (Lipinski definition) is 1. The zero-order valence-electron chi connectivity index (χ0n) is 7.16. The van der Waals surface area contributed by atoms with Gasteiger partial charge in [-0.05, 0) is 5.56 Å². The molecule has 0 fully saturated rings. The zero-order valence-corrected chi connectivity index (χ0v) is 7.98. The summed E-state index contributed by atoms with van der Waals surface area (Å²) in [6.45, 7) is 3.48. The maximum absolute atomic E-state index is 10.5. The Morgan fingerprint density at radius 3 is 2.64 bits per heavy atom. The Balaban J connectivity index is 3.21. The molecule has 14 heavy (non-hydrogen) atoms. The molecule has 0 aliphatic heterocycles. The predicted molar refractivity (Wildman–Crippen MR) is 51.4 cm³/mol. The summed E-state index contributed by atoms with van der Waals surface area (Å²) in [5.74, 6) is 0. The van der Waals surface area contributed by atoms with Crippen LogP contribution in [0.25, 0.3) is 11.6 Å². The molecule has 6 heteroatoms. The number of nitrogens with zero attached hydrogens (tertiary/aromatic N) is 2. The highest BCUT2D eigenvalue weighted by molar-refractivity contribution is 7.79. The summed E-state index contributed by atoms with van der Waals surface area (Å²) in [5.41, 5.74) is 9.62. The molecule has 0 saturated carbocycles. The second kappa shape index (κ2) is 3.69. The Kier molecular flexibility index (Phi) is 2.78. The summed E-state index contributed by atoms with van der Waals surface area (Å²) in [6.07, 6.45) is 1.49. The Morgan fingerprint density at radius 2 is 2.14 bits per heavy atom. The quantitative estimate of drug-likeness (QED) is 0.471. The third-order valence-corrected chi connectivity index (χ3v) is 2.19. The van der Waals surface area contributed by atoms with Gasteiger partial charge >= 0.3 is 10.3 Å². The van der Waals surface area contributed by atoms with E-state index in [1.165, 1.54) is 24.3 Å². The first-order valence-corrected chi connectivity index (χ1v) is 5.04. The van der Waals surface area contributed by atoms with Crippen LogP contribution in [0.2, 0.25) is 0 Å². The van der Waals surface area contributed by atoms with Crippen LogP contribution in [0.4, 0.5) is 5.69 Å². The zero-order chi connectivity index (χ0) is 10.8. The molecule has 1 N–H and O–H groups in total. The van der Waals surface area contributed by atoms with E-state index < -0.39 is 10.3 Å². The molecule has 5 nitrogen and oxygen atoms in total. The van der Waals surface area contributed by atoms with Gasteiger partial charge in [-0.2, -0.15) is 0 Å². The third-order valence-electron chi connectivity index (χ3n) is 1.55. The van der Waals surface area contributed by atoms with Crippen molar-refractivity contribution in [2.24, 2.45) is 0 Å². The summed E-state index contributed by atoms with van der Waals surface area (Å²) in [5, 5.41) is 0. The number of benzene rings is 1. The molecule has 0 aliphatic carbocycles. The van der Waals surface area contributed by atoms with Gasteiger partial charge in [0.1, 0.15) is 0 Å². The standard InChI is InChI=1S/C8H8N2O3S/c1-2-7-4-3-5-8(6-7)10(9)14(11,12)13/h2-6H,1H2,(H,11,12,13). The minimum absolute atomic E-state index is 0.0510. The van der Waals surface area contributed by atoms with Crippen molar-refractivity contribution in [1.82, 2.24) is 0 Å². The van der Waals surface area contributed by atoms with Crippen molar-refractivity contribution in [3.63, 3.8) is 0 Å². The molecule has 1 aromatic carbocycles. The van der Waals surface area contributed by atoms with Gasteiger partial charge in [0.05, 0.1) is 0 Å². The Labute approximate surface area is 81.7 Å². The van der Waals surface area contributed by atoms with E-state index in [-0.39, 0.29) is 9.79 Å². The monoisotopic (exact) mass is 212 g/mol. The first kappa shape index (κ1) is 10.6. The maximum Gasteiger partial charge on any atom is 0.501 e. The second-order valence-electron chi connectivity index (χ2n) is 2.52. The van der Waals surface area contributed by atoms with E-state index >= 15 is 0 Å².